The molecule has 2 fully saturated rings. The fourth-order valence-electron chi connectivity index (χ4n) is 3.15. The molecule has 7 nitrogen and oxygen atoms in total. The standard InChI is InChI=1S/C19H22N4O3/c24-18(20-15-4-2-1-3-5-15)13-22-8-10-23(11-9-22)19(25)16-12-17(26-21-16)14-6-7-14/h1-5,12,14H,6-11,13H2,(H,20,24). The first kappa shape index (κ1) is 16.8. The summed E-state index contributed by atoms with van der Waals surface area (Å²) in [5.41, 5.74) is 1.19. The molecule has 0 radical (unpaired) electrons. The fraction of sp³-hybridized carbons (Fsp3) is 0.421. The normalized spacial score (nSPS) is 17.9. The van der Waals surface area contributed by atoms with E-state index in [-0.39, 0.29) is 11.8 Å². The summed E-state index contributed by atoms with van der Waals surface area (Å²) in [5.74, 6) is 1.14. The third-order valence-corrected chi connectivity index (χ3v) is 4.81. The monoisotopic (exact) mass is 354 g/mol. The number of para-hydroxylation sites is 1. The van der Waals surface area contributed by atoms with Crippen molar-refractivity contribution in [2.45, 2.75) is 18.8 Å². The van der Waals surface area contributed by atoms with Crippen LogP contribution in [-0.2, 0) is 4.79 Å². The summed E-state index contributed by atoms with van der Waals surface area (Å²) in [6.45, 7) is 2.83. The molecule has 1 N–H and O–H groups in total. The predicted molar refractivity (Wildman–Crippen MR) is 95.9 cm³/mol. The molecule has 1 saturated carbocycles. The number of rotatable bonds is 5. The molecule has 26 heavy (non-hydrogen) atoms. The third kappa shape index (κ3) is 3.94. The van der Waals surface area contributed by atoms with Crippen molar-refractivity contribution in [2.24, 2.45) is 0 Å². The smallest absolute Gasteiger partial charge is 0.276 e. The molecule has 2 heterocycles. The zero-order valence-electron chi connectivity index (χ0n) is 14.6. The van der Waals surface area contributed by atoms with Crippen LogP contribution in [0.3, 0.4) is 0 Å². The highest BCUT2D eigenvalue weighted by atomic mass is 16.5. The third-order valence-electron chi connectivity index (χ3n) is 4.81. The molecule has 0 spiro atoms. The van der Waals surface area contributed by atoms with Crippen molar-refractivity contribution >= 4 is 17.5 Å². The van der Waals surface area contributed by atoms with Crippen LogP contribution in [0.25, 0.3) is 0 Å². The molecular weight excluding hydrogens is 332 g/mol. The Morgan fingerprint density at radius 2 is 1.85 bits per heavy atom. The largest absolute Gasteiger partial charge is 0.360 e. The van der Waals surface area contributed by atoms with Gasteiger partial charge in [-0.15, -0.1) is 0 Å². The predicted octanol–water partition coefficient (Wildman–Crippen LogP) is 1.95. The van der Waals surface area contributed by atoms with Gasteiger partial charge < -0.3 is 14.7 Å². The molecule has 136 valence electrons. The van der Waals surface area contributed by atoms with Crippen LogP contribution in [0.1, 0.15) is 35.0 Å². The van der Waals surface area contributed by atoms with Crippen LogP contribution in [0.15, 0.2) is 40.9 Å². The number of nitrogens with zero attached hydrogens (tertiary/aromatic N) is 3. The molecular formula is C19H22N4O3. The molecule has 1 aromatic carbocycles. The van der Waals surface area contributed by atoms with Crippen LogP contribution in [0.2, 0.25) is 0 Å². The van der Waals surface area contributed by atoms with Crippen LogP contribution in [0, 0.1) is 0 Å². The SMILES string of the molecule is O=C(CN1CCN(C(=O)c2cc(C3CC3)on2)CC1)Nc1ccccc1. The Kier molecular flexibility index (Phi) is 4.71. The van der Waals surface area contributed by atoms with Gasteiger partial charge in [0.15, 0.2) is 5.69 Å². The van der Waals surface area contributed by atoms with Crippen LogP contribution >= 0.6 is 0 Å². The first-order valence-corrected chi connectivity index (χ1v) is 9.02. The fourth-order valence-corrected chi connectivity index (χ4v) is 3.15. The van der Waals surface area contributed by atoms with Crippen LogP contribution in [0.4, 0.5) is 5.69 Å². The minimum Gasteiger partial charge on any atom is -0.360 e. The van der Waals surface area contributed by atoms with Gasteiger partial charge in [-0.05, 0) is 25.0 Å². The maximum absolute atomic E-state index is 12.5. The summed E-state index contributed by atoms with van der Waals surface area (Å²) in [6.07, 6.45) is 2.24. The molecule has 1 aliphatic heterocycles. The van der Waals surface area contributed by atoms with Crippen molar-refractivity contribution in [1.82, 2.24) is 15.0 Å². The Bertz CT molecular complexity index is 777. The molecule has 0 unspecified atom stereocenters. The average molecular weight is 354 g/mol. The van der Waals surface area contributed by atoms with Crippen molar-refractivity contribution in [1.29, 1.82) is 0 Å². The van der Waals surface area contributed by atoms with E-state index in [4.69, 9.17) is 4.52 Å². The highest BCUT2D eigenvalue weighted by Crippen LogP contribution is 2.40. The number of benzene rings is 1. The Hall–Kier alpha value is -2.67. The maximum Gasteiger partial charge on any atom is 0.276 e. The summed E-state index contributed by atoms with van der Waals surface area (Å²) in [7, 11) is 0. The number of carbonyl (C=O) groups excluding carboxylic acids is 2. The van der Waals surface area contributed by atoms with Crippen molar-refractivity contribution in [3.63, 3.8) is 0 Å². The van der Waals surface area contributed by atoms with Crippen LogP contribution < -0.4 is 5.32 Å². The van der Waals surface area contributed by atoms with Gasteiger partial charge in [-0.3, -0.25) is 14.5 Å². The molecule has 4 rings (SSSR count). The molecule has 0 bridgehead atoms. The molecule has 0 atom stereocenters. The lowest BCUT2D eigenvalue weighted by Gasteiger charge is -2.33. The van der Waals surface area contributed by atoms with Gasteiger partial charge in [0, 0.05) is 43.9 Å². The van der Waals surface area contributed by atoms with Gasteiger partial charge in [-0.2, -0.15) is 0 Å². The van der Waals surface area contributed by atoms with E-state index in [9.17, 15) is 9.59 Å². The second-order valence-electron chi connectivity index (χ2n) is 6.87. The molecule has 2 aromatic rings. The zero-order chi connectivity index (χ0) is 17.9. The molecule has 1 aliphatic carbocycles. The lowest BCUT2D eigenvalue weighted by molar-refractivity contribution is -0.117. The lowest BCUT2D eigenvalue weighted by Crippen LogP contribution is -2.50. The number of amides is 2. The first-order chi connectivity index (χ1) is 12.7. The van der Waals surface area contributed by atoms with E-state index in [1.54, 1.807) is 11.0 Å². The van der Waals surface area contributed by atoms with Gasteiger partial charge in [0.2, 0.25) is 5.91 Å². The van der Waals surface area contributed by atoms with Crippen molar-refractivity contribution in [2.75, 3.05) is 38.0 Å². The van der Waals surface area contributed by atoms with E-state index in [1.165, 1.54) is 0 Å². The van der Waals surface area contributed by atoms with Gasteiger partial charge in [-0.1, -0.05) is 23.4 Å². The van der Waals surface area contributed by atoms with Crippen LogP contribution in [-0.4, -0.2) is 59.5 Å². The Labute approximate surface area is 151 Å². The second-order valence-corrected chi connectivity index (χ2v) is 6.87. The lowest BCUT2D eigenvalue weighted by atomic mass is 10.2. The summed E-state index contributed by atoms with van der Waals surface area (Å²) >= 11 is 0. The topological polar surface area (TPSA) is 78.7 Å². The first-order valence-electron chi connectivity index (χ1n) is 9.02. The van der Waals surface area contributed by atoms with Gasteiger partial charge in [-0.25, -0.2) is 0 Å². The van der Waals surface area contributed by atoms with Gasteiger partial charge >= 0.3 is 0 Å². The van der Waals surface area contributed by atoms with Gasteiger partial charge in [0.05, 0.1) is 6.54 Å². The van der Waals surface area contributed by atoms with E-state index < -0.39 is 0 Å². The van der Waals surface area contributed by atoms with E-state index in [2.05, 4.69) is 15.4 Å². The molecule has 1 aromatic heterocycles. The quantitative estimate of drug-likeness (QED) is 0.888. The summed E-state index contributed by atoms with van der Waals surface area (Å²) < 4.78 is 5.27. The number of hydrogen-bond acceptors (Lipinski definition) is 5. The number of anilines is 1. The highest BCUT2D eigenvalue weighted by Gasteiger charge is 2.30. The summed E-state index contributed by atoms with van der Waals surface area (Å²) in [4.78, 5) is 28.5. The van der Waals surface area contributed by atoms with E-state index in [1.807, 2.05) is 30.3 Å². The molecule has 2 aliphatic rings. The highest BCUT2D eigenvalue weighted by molar-refractivity contribution is 5.93. The van der Waals surface area contributed by atoms with E-state index in [0.717, 1.165) is 24.3 Å². The molecule has 2 amide bonds. The second kappa shape index (κ2) is 7.29. The van der Waals surface area contributed by atoms with E-state index in [0.29, 0.717) is 44.3 Å². The number of piperazine rings is 1. The van der Waals surface area contributed by atoms with Gasteiger partial charge in [0.25, 0.3) is 5.91 Å². The number of hydrogen-bond donors (Lipinski definition) is 1. The Morgan fingerprint density at radius 3 is 2.54 bits per heavy atom. The van der Waals surface area contributed by atoms with Crippen molar-refractivity contribution < 1.29 is 14.1 Å². The minimum atomic E-state index is -0.0889. The minimum absolute atomic E-state index is 0.0402. The number of carbonyl (C=O) groups is 2. The summed E-state index contributed by atoms with van der Waals surface area (Å²) in [6, 6.07) is 11.2. The zero-order valence-corrected chi connectivity index (χ0v) is 14.6. The van der Waals surface area contributed by atoms with E-state index >= 15 is 0 Å². The Balaban J connectivity index is 1.25. The van der Waals surface area contributed by atoms with Crippen molar-refractivity contribution in [3.8, 4) is 0 Å². The number of aromatic nitrogens is 1. The van der Waals surface area contributed by atoms with Gasteiger partial charge in [0.1, 0.15) is 5.76 Å². The van der Waals surface area contributed by atoms with Crippen LogP contribution in [0.5, 0.6) is 0 Å². The average Bonchev–Trinajstić information content (AvgIpc) is 3.39. The molecule has 1 saturated heterocycles. The molecule has 7 heteroatoms. The Morgan fingerprint density at radius 1 is 1.12 bits per heavy atom. The number of nitrogens with one attached hydrogen (secondary N) is 1. The van der Waals surface area contributed by atoms with Crippen molar-refractivity contribution in [3.05, 3.63) is 47.9 Å². The summed E-state index contributed by atoms with van der Waals surface area (Å²) in [5, 5.41) is 6.81. The maximum atomic E-state index is 12.5.